The average Bonchev–Trinajstić information content (AvgIpc) is 1.69. The molecule has 1 rings (SSSR count). The third kappa shape index (κ3) is 3.10. The van der Waals surface area contributed by atoms with Crippen molar-refractivity contribution in [2.45, 2.75) is 23.9 Å². The summed E-state index contributed by atoms with van der Waals surface area (Å²) in [6.07, 6.45) is 2.73. The maximum atomic E-state index is 5.42. The van der Waals surface area contributed by atoms with E-state index in [2.05, 4.69) is 5.79 Å². The molecule has 50 valence electrons. The van der Waals surface area contributed by atoms with Gasteiger partial charge in [-0.05, 0) is 6.42 Å². The summed E-state index contributed by atoms with van der Waals surface area (Å²) in [5.74, 6) is 2.28. The molecule has 0 bridgehead atoms. The van der Waals surface area contributed by atoms with Gasteiger partial charge in [0.1, 0.15) is 0 Å². The molecule has 8 heavy (non-hydrogen) atoms. The number of hydrogen-bond acceptors (Lipinski definition) is 1. The van der Waals surface area contributed by atoms with Crippen LogP contribution < -0.4 is 0 Å². The molecule has 0 aromatic rings. The van der Waals surface area contributed by atoms with Crippen LogP contribution in [0.5, 0.6) is 0 Å². The molecular weight excluding hydrogens is 162 g/mol. The van der Waals surface area contributed by atoms with E-state index in [1.165, 1.54) is 18.1 Å². The van der Waals surface area contributed by atoms with Gasteiger partial charge in [-0.2, -0.15) is 0 Å². The minimum atomic E-state index is -0.595. The first kappa shape index (κ1) is 8.99. The Kier molecular flexibility index (Phi) is 5.42. The molecule has 0 aromatic carbocycles. The van der Waals surface area contributed by atoms with Crippen LogP contribution in [0.3, 0.4) is 0 Å². The van der Waals surface area contributed by atoms with Crippen molar-refractivity contribution >= 4 is 14.5 Å². The summed E-state index contributed by atoms with van der Waals surface area (Å²) in [5.41, 5.74) is 0. The third-order valence-corrected chi connectivity index (χ3v) is 3.43. The van der Waals surface area contributed by atoms with Crippen LogP contribution in [-0.2, 0) is 20.3 Å². The van der Waals surface area contributed by atoms with E-state index in [1.807, 2.05) is 0 Å². The quantitative estimate of drug-likeness (QED) is 0.503. The van der Waals surface area contributed by atoms with Crippen molar-refractivity contribution in [1.29, 1.82) is 0 Å². The van der Waals surface area contributed by atoms with Gasteiger partial charge in [-0.15, -0.1) is 0 Å². The van der Waals surface area contributed by atoms with Gasteiger partial charge in [0, 0.05) is 23.1 Å². The molecule has 1 aliphatic heterocycles. The van der Waals surface area contributed by atoms with Crippen LogP contribution >= 0.6 is 0 Å². The molecule has 0 saturated carbocycles. The van der Waals surface area contributed by atoms with Gasteiger partial charge >= 0.3 is 14.5 Å². The van der Waals surface area contributed by atoms with Crippen molar-refractivity contribution in [3.8, 4) is 0 Å². The minimum absolute atomic E-state index is 0. The topological polar surface area (TPSA) is 9.23 Å². The van der Waals surface area contributed by atoms with Crippen molar-refractivity contribution in [2.24, 2.45) is 0 Å². The minimum Gasteiger partial charge on any atom is -0.501 e. The van der Waals surface area contributed by atoms with Gasteiger partial charge in [0.05, 0.1) is 0 Å². The van der Waals surface area contributed by atoms with Crippen LogP contribution in [0.15, 0.2) is 0 Å². The van der Waals surface area contributed by atoms with Gasteiger partial charge in [0.15, 0.2) is 0 Å². The predicted octanol–water partition coefficient (Wildman–Crippen LogP) is 1.42. The first-order valence-corrected chi connectivity index (χ1v) is 5.45. The van der Waals surface area contributed by atoms with Crippen molar-refractivity contribution < 1.29 is 20.3 Å². The molecule has 0 spiro atoms. The van der Waals surface area contributed by atoms with E-state index in [4.69, 9.17) is 3.79 Å². The van der Waals surface area contributed by atoms with Gasteiger partial charge in [0.2, 0.25) is 0 Å². The Balaban J connectivity index is 0.000000490. The normalized spacial score (nSPS) is 19.9. The zero-order chi connectivity index (χ0) is 5.11. The Morgan fingerprint density at radius 2 is 2.12 bits per heavy atom. The zero-order valence-corrected chi connectivity index (χ0v) is 7.27. The van der Waals surface area contributed by atoms with E-state index >= 15 is 0 Å². The van der Waals surface area contributed by atoms with E-state index in [9.17, 15) is 0 Å². The fraction of sp³-hybridized carbons (Fsp3) is 1.00. The molecule has 3 heteroatoms. The van der Waals surface area contributed by atoms with Crippen molar-refractivity contribution in [2.75, 3.05) is 6.61 Å². The van der Waals surface area contributed by atoms with Crippen LogP contribution in [0.25, 0.3) is 0 Å². The molecular formula is C5H11AlNiO. The number of rotatable bonds is 0. The molecule has 0 aliphatic carbocycles. The molecule has 1 nitrogen and oxygen atoms in total. The van der Waals surface area contributed by atoms with Crippen LogP contribution in [-0.4, -0.2) is 21.1 Å². The molecule has 1 heterocycles. The summed E-state index contributed by atoms with van der Waals surface area (Å²) < 4.78 is 5.42. The van der Waals surface area contributed by atoms with E-state index in [1.54, 1.807) is 0 Å². The summed E-state index contributed by atoms with van der Waals surface area (Å²) in [7, 11) is 0. The summed E-state index contributed by atoms with van der Waals surface area (Å²) >= 11 is -0.595. The predicted molar refractivity (Wildman–Crippen MR) is 31.6 cm³/mol. The molecule has 0 amide bonds. The first-order chi connectivity index (χ1) is 3.39. The monoisotopic (exact) mass is 172 g/mol. The third-order valence-electron chi connectivity index (χ3n) is 1.41. The standard InChI is InChI=1S/C4H8O.CH3.Al.Ni/c1-2-3-4-5;;;/h1-4H2;1H3;;/q-1;;+1;. The summed E-state index contributed by atoms with van der Waals surface area (Å²) in [6.45, 7) is 1.05. The van der Waals surface area contributed by atoms with Gasteiger partial charge < -0.3 is 3.79 Å². The summed E-state index contributed by atoms with van der Waals surface area (Å²) in [5, 5.41) is 1.40. The second-order valence-electron chi connectivity index (χ2n) is 2.18. The SMILES string of the molecule is [CH3][Al]1[CH2]CCC[O]1.[Ni]. The van der Waals surface area contributed by atoms with Crippen LogP contribution in [0.2, 0.25) is 11.1 Å². The molecule has 0 aromatic heterocycles. The van der Waals surface area contributed by atoms with Crippen LogP contribution in [0.4, 0.5) is 0 Å². The Hall–Kier alpha value is 0.986. The zero-order valence-electron chi connectivity index (χ0n) is 5.13. The van der Waals surface area contributed by atoms with Gasteiger partial charge in [-0.25, -0.2) is 0 Å². The Morgan fingerprint density at radius 3 is 2.38 bits per heavy atom. The Labute approximate surface area is 65.4 Å². The second-order valence-corrected chi connectivity index (χ2v) is 4.71. The summed E-state index contributed by atoms with van der Waals surface area (Å²) in [6, 6.07) is 0. The molecule has 1 saturated heterocycles. The summed E-state index contributed by atoms with van der Waals surface area (Å²) in [4.78, 5) is 0. The van der Waals surface area contributed by atoms with Gasteiger partial charge in [0.25, 0.3) is 0 Å². The second kappa shape index (κ2) is 4.83. The Morgan fingerprint density at radius 1 is 1.38 bits per heavy atom. The molecule has 0 unspecified atom stereocenters. The van der Waals surface area contributed by atoms with E-state index in [0.29, 0.717) is 0 Å². The fourth-order valence-corrected chi connectivity index (χ4v) is 2.50. The van der Waals surface area contributed by atoms with E-state index in [0.717, 1.165) is 6.61 Å². The molecule has 1 fully saturated rings. The maximum Gasteiger partial charge on any atom is 0.457 e. The Bertz CT molecular complexity index is 54.4. The molecule has 0 atom stereocenters. The largest absolute Gasteiger partial charge is 0.501 e. The van der Waals surface area contributed by atoms with E-state index < -0.39 is 14.5 Å². The molecule has 0 radical (unpaired) electrons. The fourth-order valence-electron chi connectivity index (χ4n) is 0.902. The smallest absolute Gasteiger partial charge is 0.457 e. The first-order valence-electron chi connectivity index (χ1n) is 3.01. The van der Waals surface area contributed by atoms with Crippen LogP contribution in [0, 0.1) is 0 Å². The maximum absolute atomic E-state index is 5.42. The van der Waals surface area contributed by atoms with Gasteiger partial charge in [-0.1, -0.05) is 17.5 Å². The van der Waals surface area contributed by atoms with Crippen molar-refractivity contribution in [3.63, 3.8) is 0 Å². The van der Waals surface area contributed by atoms with Crippen LogP contribution in [0.1, 0.15) is 12.8 Å². The van der Waals surface area contributed by atoms with E-state index in [-0.39, 0.29) is 16.5 Å². The van der Waals surface area contributed by atoms with Crippen molar-refractivity contribution in [1.82, 2.24) is 0 Å². The van der Waals surface area contributed by atoms with Gasteiger partial charge in [-0.3, -0.25) is 0 Å². The van der Waals surface area contributed by atoms with Crippen molar-refractivity contribution in [3.05, 3.63) is 0 Å². The molecule has 0 N–H and O–H groups in total. The number of hydrogen-bond donors (Lipinski definition) is 0. The molecule has 1 aliphatic rings. The average molecular weight is 173 g/mol.